The third-order valence-electron chi connectivity index (χ3n) is 3.38. The van der Waals surface area contributed by atoms with Crippen LogP contribution in [0, 0.1) is 10.1 Å². The summed E-state index contributed by atoms with van der Waals surface area (Å²) in [5.74, 6) is 0.795. The van der Waals surface area contributed by atoms with E-state index in [-0.39, 0.29) is 12.3 Å². The number of carbonyl (C=O) groups excluding carboxylic acids is 1. The topological polar surface area (TPSA) is 112 Å². The Labute approximate surface area is 148 Å². The largest absolute Gasteiger partial charge is 0.486 e. The highest BCUT2D eigenvalue weighted by Crippen LogP contribution is 2.32. The molecule has 3 rings (SSSR count). The van der Waals surface area contributed by atoms with E-state index in [4.69, 9.17) is 14.3 Å². The molecule has 0 saturated heterocycles. The molecule has 0 spiro atoms. The van der Waals surface area contributed by atoms with Gasteiger partial charge in [0.25, 0.3) is 11.6 Å². The number of carbonyl (C=O) groups is 1. The van der Waals surface area contributed by atoms with Crippen molar-refractivity contribution >= 4 is 23.5 Å². The maximum Gasteiger partial charge on any atom is 0.270 e. The Morgan fingerprint density at radius 1 is 1.23 bits per heavy atom. The van der Waals surface area contributed by atoms with Gasteiger partial charge in [0.05, 0.1) is 11.1 Å². The number of hydrogen-bond donors (Lipinski definition) is 1. The number of nitro benzene ring substituents is 1. The van der Waals surface area contributed by atoms with E-state index in [2.05, 4.69) is 10.5 Å². The van der Waals surface area contributed by atoms with Crippen LogP contribution in [0.1, 0.15) is 5.56 Å². The fourth-order valence-corrected chi connectivity index (χ4v) is 2.23. The number of rotatable bonds is 6. The fourth-order valence-electron chi connectivity index (χ4n) is 2.23. The average molecular weight is 357 g/mol. The van der Waals surface area contributed by atoms with Crippen LogP contribution in [0.5, 0.6) is 11.5 Å². The maximum atomic E-state index is 11.9. The molecule has 1 aliphatic rings. The number of fused-ring (bicyclic) bond motifs is 1. The third-order valence-corrected chi connectivity index (χ3v) is 3.38. The van der Waals surface area contributed by atoms with Gasteiger partial charge in [0.15, 0.2) is 18.1 Å². The molecule has 134 valence electrons. The van der Waals surface area contributed by atoms with E-state index < -0.39 is 10.8 Å². The first kappa shape index (κ1) is 17.2. The van der Waals surface area contributed by atoms with Gasteiger partial charge in [-0.1, -0.05) is 17.3 Å². The van der Waals surface area contributed by atoms with E-state index in [1.54, 1.807) is 24.3 Å². The van der Waals surface area contributed by atoms with Gasteiger partial charge in [-0.25, -0.2) is 0 Å². The molecule has 2 aromatic rings. The van der Waals surface area contributed by atoms with Crippen molar-refractivity contribution in [2.75, 3.05) is 25.1 Å². The summed E-state index contributed by atoms with van der Waals surface area (Å²) in [6.45, 7) is 0.648. The van der Waals surface area contributed by atoms with Crippen molar-refractivity contribution in [1.29, 1.82) is 0 Å². The van der Waals surface area contributed by atoms with E-state index in [1.807, 2.05) is 0 Å². The Hall–Kier alpha value is -3.62. The molecule has 0 atom stereocenters. The predicted octanol–water partition coefficient (Wildman–Crippen LogP) is 2.36. The van der Waals surface area contributed by atoms with Gasteiger partial charge in [0.2, 0.25) is 0 Å². The number of nitro groups is 1. The van der Waals surface area contributed by atoms with Crippen molar-refractivity contribution in [3.05, 3.63) is 58.1 Å². The molecule has 0 saturated carbocycles. The normalized spacial score (nSPS) is 12.6. The van der Waals surface area contributed by atoms with Gasteiger partial charge in [-0.3, -0.25) is 14.9 Å². The molecule has 2 aromatic carbocycles. The molecule has 1 heterocycles. The zero-order valence-electron chi connectivity index (χ0n) is 13.6. The zero-order valence-corrected chi connectivity index (χ0v) is 13.6. The summed E-state index contributed by atoms with van der Waals surface area (Å²) in [6.07, 6.45) is 1.30. The highest BCUT2D eigenvalue weighted by Gasteiger charge is 2.12. The second kappa shape index (κ2) is 7.97. The molecule has 0 aliphatic carbocycles. The summed E-state index contributed by atoms with van der Waals surface area (Å²) in [7, 11) is 0. The SMILES string of the molecule is O=C(CO/N=C\c1cccc([N+](=O)[O-])c1)Nc1ccc2c(c1)OCCO2. The molecule has 0 bridgehead atoms. The Morgan fingerprint density at radius 3 is 2.85 bits per heavy atom. The quantitative estimate of drug-likeness (QED) is 0.482. The van der Waals surface area contributed by atoms with Crippen molar-refractivity contribution in [2.24, 2.45) is 5.16 Å². The molecule has 1 aliphatic heterocycles. The number of benzene rings is 2. The number of oxime groups is 1. The highest BCUT2D eigenvalue weighted by atomic mass is 16.6. The standard InChI is InChI=1S/C17H15N3O6/c21-17(19-13-4-5-15-16(9-13)25-7-6-24-15)11-26-18-10-12-2-1-3-14(8-12)20(22)23/h1-5,8-10H,6-7,11H2,(H,19,21)/b18-10-. The lowest BCUT2D eigenvalue weighted by Crippen LogP contribution is -2.18. The van der Waals surface area contributed by atoms with E-state index in [0.29, 0.717) is 36.0 Å². The predicted molar refractivity (Wildman–Crippen MR) is 92.7 cm³/mol. The molecular weight excluding hydrogens is 342 g/mol. The number of amides is 1. The molecule has 0 radical (unpaired) electrons. The molecule has 0 fully saturated rings. The van der Waals surface area contributed by atoms with Crippen LogP contribution in [-0.2, 0) is 9.63 Å². The van der Waals surface area contributed by atoms with E-state index in [0.717, 1.165) is 0 Å². The van der Waals surface area contributed by atoms with Gasteiger partial charge in [0.1, 0.15) is 13.2 Å². The smallest absolute Gasteiger partial charge is 0.270 e. The van der Waals surface area contributed by atoms with Gasteiger partial charge >= 0.3 is 0 Å². The van der Waals surface area contributed by atoms with Crippen LogP contribution in [0.15, 0.2) is 47.6 Å². The summed E-state index contributed by atoms with van der Waals surface area (Å²) >= 11 is 0. The highest BCUT2D eigenvalue weighted by molar-refractivity contribution is 5.92. The van der Waals surface area contributed by atoms with E-state index >= 15 is 0 Å². The zero-order chi connectivity index (χ0) is 18.4. The molecular formula is C17H15N3O6. The van der Waals surface area contributed by atoms with Crippen LogP contribution in [0.2, 0.25) is 0 Å². The second-order valence-corrected chi connectivity index (χ2v) is 5.27. The first-order chi connectivity index (χ1) is 12.6. The van der Waals surface area contributed by atoms with Crippen molar-refractivity contribution < 1.29 is 24.0 Å². The Bertz CT molecular complexity index is 852. The lowest BCUT2D eigenvalue weighted by Gasteiger charge is -2.18. The number of nitrogens with one attached hydrogen (secondary N) is 1. The Morgan fingerprint density at radius 2 is 2.04 bits per heavy atom. The first-order valence-electron chi connectivity index (χ1n) is 7.71. The molecule has 0 unspecified atom stereocenters. The number of hydrogen-bond acceptors (Lipinski definition) is 7. The molecule has 9 heteroatoms. The number of non-ortho nitro benzene ring substituents is 1. The Kier molecular flexibility index (Phi) is 5.28. The third kappa shape index (κ3) is 4.47. The van der Waals surface area contributed by atoms with Crippen molar-refractivity contribution in [3.63, 3.8) is 0 Å². The summed E-state index contributed by atoms with van der Waals surface area (Å²) in [5, 5.41) is 17.0. The van der Waals surface area contributed by atoms with Crippen LogP contribution < -0.4 is 14.8 Å². The monoisotopic (exact) mass is 357 g/mol. The molecule has 1 amide bonds. The van der Waals surface area contributed by atoms with Crippen LogP contribution in [0.3, 0.4) is 0 Å². The molecule has 0 aromatic heterocycles. The van der Waals surface area contributed by atoms with Gasteiger partial charge < -0.3 is 19.6 Å². The Balaban J connectivity index is 1.50. The maximum absolute atomic E-state index is 11.9. The summed E-state index contributed by atoms with van der Waals surface area (Å²) < 4.78 is 10.8. The molecule has 26 heavy (non-hydrogen) atoms. The average Bonchev–Trinajstić information content (AvgIpc) is 2.65. The van der Waals surface area contributed by atoms with Crippen molar-refractivity contribution in [3.8, 4) is 11.5 Å². The van der Waals surface area contributed by atoms with Crippen LogP contribution in [-0.4, -0.2) is 36.9 Å². The first-order valence-corrected chi connectivity index (χ1v) is 7.71. The van der Waals surface area contributed by atoms with Crippen LogP contribution >= 0.6 is 0 Å². The van der Waals surface area contributed by atoms with Gasteiger partial charge in [-0.05, 0) is 12.1 Å². The number of anilines is 1. The minimum absolute atomic E-state index is 0.0506. The van der Waals surface area contributed by atoms with Gasteiger partial charge in [-0.15, -0.1) is 0 Å². The second-order valence-electron chi connectivity index (χ2n) is 5.27. The van der Waals surface area contributed by atoms with Crippen molar-refractivity contribution in [2.45, 2.75) is 0 Å². The lowest BCUT2D eigenvalue weighted by atomic mass is 10.2. The minimum Gasteiger partial charge on any atom is -0.486 e. The number of ether oxygens (including phenoxy) is 2. The van der Waals surface area contributed by atoms with Crippen molar-refractivity contribution in [1.82, 2.24) is 0 Å². The molecule has 1 N–H and O–H groups in total. The minimum atomic E-state index is -0.501. The summed E-state index contributed by atoms with van der Waals surface area (Å²) in [4.78, 5) is 27.0. The van der Waals surface area contributed by atoms with E-state index in [9.17, 15) is 14.9 Å². The van der Waals surface area contributed by atoms with Crippen LogP contribution in [0.25, 0.3) is 0 Å². The van der Waals surface area contributed by atoms with Gasteiger partial charge in [0, 0.05) is 29.4 Å². The molecule has 9 nitrogen and oxygen atoms in total. The lowest BCUT2D eigenvalue weighted by molar-refractivity contribution is -0.384. The summed E-state index contributed by atoms with van der Waals surface area (Å²) in [6, 6.07) is 11.0. The number of nitrogens with zero attached hydrogens (tertiary/aromatic N) is 2. The fraction of sp³-hybridized carbons (Fsp3) is 0.176. The van der Waals surface area contributed by atoms with Gasteiger partial charge in [-0.2, -0.15) is 0 Å². The van der Waals surface area contributed by atoms with E-state index in [1.165, 1.54) is 24.4 Å². The summed E-state index contributed by atoms with van der Waals surface area (Å²) in [5.41, 5.74) is 0.988. The van der Waals surface area contributed by atoms with Crippen LogP contribution in [0.4, 0.5) is 11.4 Å².